The van der Waals surface area contributed by atoms with Crippen LogP contribution in [0.1, 0.15) is 18.4 Å². The first kappa shape index (κ1) is 22.0. The molecular formula is C25H24N4O4. The molecule has 0 unspecified atom stereocenters. The summed E-state index contributed by atoms with van der Waals surface area (Å²) < 4.78 is 5.97. The first-order valence-electron chi connectivity index (χ1n) is 10.6. The zero-order chi connectivity index (χ0) is 23.4. The van der Waals surface area contributed by atoms with E-state index in [0.717, 1.165) is 11.1 Å². The Morgan fingerprint density at radius 2 is 1.76 bits per heavy atom. The van der Waals surface area contributed by atoms with Crippen molar-refractivity contribution < 1.29 is 19.4 Å². The quantitative estimate of drug-likeness (QED) is 0.361. The summed E-state index contributed by atoms with van der Waals surface area (Å²) in [6.45, 7) is 0.227. The number of amides is 1. The molecule has 4 rings (SSSR count). The van der Waals surface area contributed by atoms with Crippen LogP contribution in [0.15, 0.2) is 72.9 Å². The lowest BCUT2D eigenvalue weighted by Gasteiger charge is -2.24. The molecule has 8 nitrogen and oxygen atoms in total. The van der Waals surface area contributed by atoms with Crippen LogP contribution in [0, 0.1) is 11.3 Å². The van der Waals surface area contributed by atoms with Crippen molar-refractivity contribution in [3.63, 3.8) is 0 Å². The zero-order valence-electron chi connectivity index (χ0n) is 17.8. The predicted molar refractivity (Wildman–Crippen MR) is 124 cm³/mol. The highest BCUT2D eigenvalue weighted by Crippen LogP contribution is 2.32. The summed E-state index contributed by atoms with van der Waals surface area (Å²) in [6, 6.07) is 20.0. The molecule has 0 bridgehead atoms. The van der Waals surface area contributed by atoms with Gasteiger partial charge >= 0.3 is 5.97 Å². The molecule has 0 radical (unpaired) electrons. The normalized spacial score (nSPS) is 17.7. The second-order valence-electron chi connectivity index (χ2n) is 7.91. The second kappa shape index (κ2) is 9.52. The van der Waals surface area contributed by atoms with E-state index >= 15 is 0 Å². The molecule has 0 aliphatic carbocycles. The number of aliphatic carboxylic acids is 1. The van der Waals surface area contributed by atoms with Crippen LogP contribution in [0.5, 0.6) is 5.75 Å². The Hall–Kier alpha value is -4.20. The Kier molecular flexibility index (Phi) is 6.35. The monoisotopic (exact) mass is 444 g/mol. The van der Waals surface area contributed by atoms with Crippen LogP contribution in [0.3, 0.4) is 0 Å². The van der Waals surface area contributed by atoms with Gasteiger partial charge < -0.3 is 15.6 Å². The fourth-order valence-electron chi connectivity index (χ4n) is 4.01. The maximum atomic E-state index is 12.9. The molecule has 8 heteroatoms. The third-order valence-corrected chi connectivity index (χ3v) is 5.65. The molecule has 2 aromatic carbocycles. The highest BCUT2D eigenvalue weighted by Gasteiger charge is 2.42. The SMILES string of the molecule is N=C(N)c1ccc(-c2ccc(OC[C@@H]3C[C@@H](CC(=O)O)C(=O)N3c3ccccn3)cc2)cc1. The molecule has 33 heavy (non-hydrogen) atoms. The Morgan fingerprint density at radius 3 is 2.33 bits per heavy atom. The largest absolute Gasteiger partial charge is 0.491 e. The van der Waals surface area contributed by atoms with E-state index in [0.29, 0.717) is 23.6 Å². The molecule has 1 aliphatic heterocycles. The minimum atomic E-state index is -0.997. The number of carbonyl (C=O) groups is 2. The molecular weight excluding hydrogens is 420 g/mol. The van der Waals surface area contributed by atoms with E-state index in [9.17, 15) is 14.7 Å². The number of carboxylic acids is 1. The Bertz CT molecular complexity index is 1150. The van der Waals surface area contributed by atoms with Gasteiger partial charge in [-0.3, -0.25) is 19.9 Å². The van der Waals surface area contributed by atoms with Gasteiger partial charge in [-0.2, -0.15) is 0 Å². The summed E-state index contributed by atoms with van der Waals surface area (Å²) in [7, 11) is 0. The van der Waals surface area contributed by atoms with Gasteiger partial charge in [-0.15, -0.1) is 0 Å². The average Bonchev–Trinajstić information content (AvgIpc) is 3.13. The van der Waals surface area contributed by atoms with Gasteiger partial charge in [-0.05, 0) is 41.8 Å². The minimum Gasteiger partial charge on any atom is -0.491 e. The number of nitrogen functional groups attached to an aromatic ring is 1. The molecule has 2 atom stereocenters. The van der Waals surface area contributed by atoms with Crippen molar-refractivity contribution in [3.05, 3.63) is 78.5 Å². The molecule has 1 amide bonds. The molecule has 1 aliphatic rings. The van der Waals surface area contributed by atoms with Gasteiger partial charge in [0.1, 0.15) is 24.0 Å². The van der Waals surface area contributed by atoms with E-state index < -0.39 is 11.9 Å². The number of carbonyl (C=O) groups excluding carboxylic acids is 1. The zero-order valence-corrected chi connectivity index (χ0v) is 17.8. The summed E-state index contributed by atoms with van der Waals surface area (Å²) >= 11 is 0. The Morgan fingerprint density at radius 1 is 1.09 bits per heavy atom. The van der Waals surface area contributed by atoms with Crippen molar-refractivity contribution in [1.82, 2.24) is 4.98 Å². The molecule has 1 saturated heterocycles. The number of carboxylic acid groups (broad SMARTS) is 1. The van der Waals surface area contributed by atoms with Gasteiger partial charge in [0.15, 0.2) is 0 Å². The first-order chi connectivity index (χ1) is 15.9. The lowest BCUT2D eigenvalue weighted by atomic mass is 10.0. The molecule has 4 N–H and O–H groups in total. The standard InChI is InChI=1S/C25H24N4O4/c26-24(27)18-6-4-16(5-7-18)17-8-10-21(11-9-17)33-15-20-13-19(14-23(30)31)25(32)29(20)22-3-1-2-12-28-22/h1-12,19-20H,13-15H2,(H3,26,27)(H,30,31)/t19-,20-/m0/s1. The number of rotatable bonds is 8. The minimum absolute atomic E-state index is 0.0287. The average molecular weight is 444 g/mol. The number of nitrogens with zero attached hydrogens (tertiary/aromatic N) is 2. The highest BCUT2D eigenvalue weighted by molar-refractivity contribution is 5.98. The van der Waals surface area contributed by atoms with Crippen LogP contribution in [0.2, 0.25) is 0 Å². The van der Waals surface area contributed by atoms with Crippen LogP contribution in [-0.2, 0) is 9.59 Å². The number of hydrogen-bond acceptors (Lipinski definition) is 5. The van der Waals surface area contributed by atoms with Crippen molar-refractivity contribution in [2.45, 2.75) is 18.9 Å². The van der Waals surface area contributed by atoms with Crippen LogP contribution in [0.25, 0.3) is 11.1 Å². The number of amidine groups is 1. The number of pyridine rings is 1. The van der Waals surface area contributed by atoms with E-state index in [4.69, 9.17) is 15.9 Å². The van der Waals surface area contributed by atoms with E-state index in [1.54, 1.807) is 41.4 Å². The van der Waals surface area contributed by atoms with Crippen LogP contribution in [0.4, 0.5) is 5.82 Å². The molecule has 1 fully saturated rings. The van der Waals surface area contributed by atoms with Gasteiger partial charge in [0, 0.05) is 11.8 Å². The van der Waals surface area contributed by atoms with Gasteiger partial charge in [0.2, 0.25) is 5.91 Å². The molecule has 2 heterocycles. The Balaban J connectivity index is 1.46. The summed E-state index contributed by atoms with van der Waals surface area (Å²) in [6.07, 6.45) is 1.78. The fourth-order valence-corrected chi connectivity index (χ4v) is 4.01. The van der Waals surface area contributed by atoms with E-state index in [2.05, 4.69) is 4.98 Å². The second-order valence-corrected chi connectivity index (χ2v) is 7.91. The van der Waals surface area contributed by atoms with Crippen molar-refractivity contribution >= 4 is 23.5 Å². The maximum absolute atomic E-state index is 12.9. The van der Waals surface area contributed by atoms with Gasteiger partial charge in [-0.1, -0.05) is 42.5 Å². The van der Waals surface area contributed by atoms with Crippen molar-refractivity contribution in [2.24, 2.45) is 11.7 Å². The topological polar surface area (TPSA) is 130 Å². The molecule has 0 spiro atoms. The van der Waals surface area contributed by atoms with Crippen LogP contribution >= 0.6 is 0 Å². The molecule has 0 saturated carbocycles. The number of nitrogens with one attached hydrogen (secondary N) is 1. The van der Waals surface area contributed by atoms with Crippen molar-refractivity contribution in [3.8, 4) is 16.9 Å². The number of anilines is 1. The highest BCUT2D eigenvalue weighted by atomic mass is 16.5. The van der Waals surface area contributed by atoms with Gasteiger partial charge in [-0.25, -0.2) is 4.98 Å². The number of aromatic nitrogens is 1. The molecule has 3 aromatic rings. The lowest BCUT2D eigenvalue weighted by molar-refractivity contribution is -0.140. The third kappa shape index (κ3) is 5.01. The van der Waals surface area contributed by atoms with Crippen LogP contribution in [-0.4, -0.2) is 40.5 Å². The number of hydrogen-bond donors (Lipinski definition) is 3. The smallest absolute Gasteiger partial charge is 0.304 e. The van der Waals surface area contributed by atoms with E-state index in [-0.39, 0.29) is 30.8 Å². The molecule has 1 aromatic heterocycles. The summed E-state index contributed by atoms with van der Waals surface area (Å²) in [5, 5.41) is 16.7. The maximum Gasteiger partial charge on any atom is 0.304 e. The fraction of sp³-hybridized carbons (Fsp3) is 0.200. The lowest BCUT2D eigenvalue weighted by Crippen LogP contribution is -2.38. The number of benzene rings is 2. The number of nitrogens with two attached hydrogens (primary N) is 1. The Labute approximate surface area is 191 Å². The number of ether oxygens (including phenoxy) is 1. The van der Waals surface area contributed by atoms with E-state index in [1.807, 2.05) is 36.4 Å². The van der Waals surface area contributed by atoms with E-state index in [1.165, 1.54) is 0 Å². The summed E-state index contributed by atoms with van der Waals surface area (Å²) in [4.78, 5) is 29.9. The van der Waals surface area contributed by atoms with Gasteiger partial charge in [0.05, 0.1) is 18.4 Å². The summed E-state index contributed by atoms with van der Waals surface area (Å²) in [5.74, 6) is -0.668. The molecule has 168 valence electrons. The predicted octanol–water partition coefficient (Wildman–Crippen LogP) is 3.31. The third-order valence-electron chi connectivity index (χ3n) is 5.65. The first-order valence-corrected chi connectivity index (χ1v) is 10.6. The van der Waals surface area contributed by atoms with Crippen molar-refractivity contribution in [2.75, 3.05) is 11.5 Å². The van der Waals surface area contributed by atoms with Gasteiger partial charge in [0.25, 0.3) is 0 Å². The van der Waals surface area contributed by atoms with Crippen LogP contribution < -0.4 is 15.4 Å². The van der Waals surface area contributed by atoms with Crippen molar-refractivity contribution in [1.29, 1.82) is 5.41 Å². The summed E-state index contributed by atoms with van der Waals surface area (Å²) in [5.41, 5.74) is 8.16.